The fourth-order valence-electron chi connectivity index (χ4n) is 2.19. The Morgan fingerprint density at radius 3 is 2.89 bits per heavy atom. The monoisotopic (exact) mass is 264 g/mol. The molecule has 18 heavy (non-hydrogen) atoms. The third-order valence-electron chi connectivity index (χ3n) is 3.35. The van der Waals surface area contributed by atoms with E-state index in [1.807, 2.05) is 36.9 Å². The maximum absolute atomic E-state index is 12.0. The van der Waals surface area contributed by atoms with Gasteiger partial charge in [-0.1, -0.05) is 6.07 Å². The van der Waals surface area contributed by atoms with Crippen LogP contribution in [0.15, 0.2) is 18.2 Å². The number of amides is 1. The number of anilines is 2. The standard InChI is InChI=1S/C14H20N2OS/c1-10-2-3-12(15)9-13(10)16-14(17)8-11-4-6-18-7-5-11/h2-3,9,11H,4-8,15H2,1H3,(H,16,17). The second kappa shape index (κ2) is 6.14. The van der Waals surface area contributed by atoms with E-state index in [1.165, 1.54) is 11.5 Å². The summed E-state index contributed by atoms with van der Waals surface area (Å²) in [5, 5.41) is 2.97. The maximum atomic E-state index is 12.0. The van der Waals surface area contributed by atoms with Gasteiger partial charge >= 0.3 is 0 Å². The van der Waals surface area contributed by atoms with Crippen LogP contribution in [0.25, 0.3) is 0 Å². The minimum absolute atomic E-state index is 0.112. The van der Waals surface area contributed by atoms with Crippen LogP contribution in [0.4, 0.5) is 11.4 Å². The van der Waals surface area contributed by atoms with Crippen LogP contribution in [0.1, 0.15) is 24.8 Å². The topological polar surface area (TPSA) is 55.1 Å². The summed E-state index contributed by atoms with van der Waals surface area (Å²) in [6.07, 6.45) is 2.96. The highest BCUT2D eigenvalue weighted by atomic mass is 32.2. The largest absolute Gasteiger partial charge is 0.399 e. The highest BCUT2D eigenvalue weighted by Gasteiger charge is 2.17. The summed E-state index contributed by atoms with van der Waals surface area (Å²) in [6, 6.07) is 5.61. The zero-order valence-electron chi connectivity index (χ0n) is 10.7. The van der Waals surface area contributed by atoms with Crippen LogP contribution < -0.4 is 11.1 Å². The van der Waals surface area contributed by atoms with E-state index in [0.717, 1.165) is 24.1 Å². The lowest BCUT2D eigenvalue weighted by molar-refractivity contribution is -0.117. The number of nitrogens with two attached hydrogens (primary N) is 1. The number of carbonyl (C=O) groups excluding carboxylic acids is 1. The van der Waals surface area contributed by atoms with E-state index in [0.29, 0.717) is 18.0 Å². The van der Waals surface area contributed by atoms with Crippen molar-refractivity contribution in [2.75, 3.05) is 22.6 Å². The van der Waals surface area contributed by atoms with E-state index in [4.69, 9.17) is 5.73 Å². The Morgan fingerprint density at radius 1 is 1.44 bits per heavy atom. The van der Waals surface area contributed by atoms with E-state index in [1.54, 1.807) is 0 Å². The summed E-state index contributed by atoms with van der Waals surface area (Å²) in [6.45, 7) is 1.98. The quantitative estimate of drug-likeness (QED) is 0.825. The molecular weight excluding hydrogens is 244 g/mol. The van der Waals surface area contributed by atoms with Crippen molar-refractivity contribution >= 4 is 29.0 Å². The van der Waals surface area contributed by atoms with Crippen LogP contribution in [-0.2, 0) is 4.79 Å². The molecule has 1 heterocycles. The molecule has 0 radical (unpaired) electrons. The molecule has 4 heteroatoms. The lowest BCUT2D eigenvalue weighted by atomic mass is 9.98. The minimum atomic E-state index is 0.112. The third-order valence-corrected chi connectivity index (χ3v) is 4.40. The van der Waals surface area contributed by atoms with Gasteiger partial charge in [0.05, 0.1) is 0 Å². The minimum Gasteiger partial charge on any atom is -0.399 e. The molecule has 1 aromatic carbocycles. The van der Waals surface area contributed by atoms with E-state index in [2.05, 4.69) is 5.32 Å². The molecule has 0 unspecified atom stereocenters. The summed E-state index contributed by atoms with van der Waals surface area (Å²) in [4.78, 5) is 12.0. The molecule has 0 spiro atoms. The van der Waals surface area contributed by atoms with E-state index < -0.39 is 0 Å². The first-order valence-corrected chi connectivity index (χ1v) is 7.54. The Balaban J connectivity index is 1.92. The molecule has 1 amide bonds. The molecule has 98 valence electrons. The van der Waals surface area contributed by atoms with Crippen molar-refractivity contribution in [3.05, 3.63) is 23.8 Å². The van der Waals surface area contributed by atoms with Crippen molar-refractivity contribution in [1.82, 2.24) is 0 Å². The molecule has 1 aromatic rings. The maximum Gasteiger partial charge on any atom is 0.224 e. The fourth-order valence-corrected chi connectivity index (χ4v) is 3.39. The SMILES string of the molecule is Cc1ccc(N)cc1NC(=O)CC1CCSCC1. The molecule has 0 aromatic heterocycles. The van der Waals surface area contributed by atoms with Gasteiger partial charge in [-0.15, -0.1) is 0 Å². The number of rotatable bonds is 3. The molecule has 3 nitrogen and oxygen atoms in total. The van der Waals surface area contributed by atoms with Crippen LogP contribution in [0.3, 0.4) is 0 Å². The summed E-state index contributed by atoms with van der Waals surface area (Å²) in [5.41, 5.74) is 8.31. The second-order valence-electron chi connectivity index (χ2n) is 4.88. The molecule has 3 N–H and O–H groups in total. The smallest absolute Gasteiger partial charge is 0.224 e. The van der Waals surface area contributed by atoms with Gasteiger partial charge in [-0.3, -0.25) is 4.79 Å². The zero-order chi connectivity index (χ0) is 13.0. The van der Waals surface area contributed by atoms with Crippen LogP contribution in [0.5, 0.6) is 0 Å². The predicted octanol–water partition coefficient (Wildman–Crippen LogP) is 3.05. The number of carbonyl (C=O) groups is 1. The fraction of sp³-hybridized carbons (Fsp3) is 0.500. The Kier molecular flexibility index (Phi) is 4.53. The van der Waals surface area contributed by atoms with Crippen LogP contribution in [-0.4, -0.2) is 17.4 Å². The molecule has 1 saturated heterocycles. The average molecular weight is 264 g/mol. The van der Waals surface area contributed by atoms with Crippen LogP contribution in [0.2, 0.25) is 0 Å². The van der Waals surface area contributed by atoms with Gasteiger partial charge in [-0.05, 0) is 54.9 Å². The van der Waals surface area contributed by atoms with Crippen molar-refractivity contribution in [2.45, 2.75) is 26.2 Å². The molecule has 2 rings (SSSR count). The van der Waals surface area contributed by atoms with Crippen molar-refractivity contribution in [3.63, 3.8) is 0 Å². The number of thioether (sulfide) groups is 1. The van der Waals surface area contributed by atoms with Gasteiger partial charge in [0.25, 0.3) is 0 Å². The normalized spacial score (nSPS) is 16.5. The van der Waals surface area contributed by atoms with Crippen LogP contribution >= 0.6 is 11.8 Å². The summed E-state index contributed by atoms with van der Waals surface area (Å²) < 4.78 is 0. The summed E-state index contributed by atoms with van der Waals surface area (Å²) in [5.74, 6) is 3.04. The highest BCUT2D eigenvalue weighted by molar-refractivity contribution is 7.99. The Hall–Kier alpha value is -1.16. The Bertz CT molecular complexity index is 428. The molecular formula is C14H20N2OS. The van der Waals surface area contributed by atoms with Crippen LogP contribution in [0, 0.1) is 12.8 Å². The molecule has 0 bridgehead atoms. The van der Waals surface area contributed by atoms with Gasteiger partial charge in [0, 0.05) is 17.8 Å². The number of nitrogens with one attached hydrogen (secondary N) is 1. The first-order valence-electron chi connectivity index (χ1n) is 6.39. The van der Waals surface area contributed by atoms with Crippen molar-refractivity contribution in [2.24, 2.45) is 5.92 Å². The van der Waals surface area contributed by atoms with E-state index >= 15 is 0 Å². The molecule has 0 aliphatic carbocycles. The number of nitrogen functional groups attached to an aromatic ring is 1. The van der Waals surface area contributed by atoms with Gasteiger partial charge in [0.1, 0.15) is 0 Å². The number of benzene rings is 1. The third kappa shape index (κ3) is 3.67. The highest BCUT2D eigenvalue weighted by Crippen LogP contribution is 2.26. The van der Waals surface area contributed by atoms with E-state index in [-0.39, 0.29) is 5.91 Å². The molecule has 0 atom stereocenters. The Morgan fingerprint density at radius 2 is 2.17 bits per heavy atom. The van der Waals surface area contributed by atoms with Crippen molar-refractivity contribution < 1.29 is 4.79 Å². The molecule has 1 fully saturated rings. The van der Waals surface area contributed by atoms with Gasteiger partial charge in [0.2, 0.25) is 5.91 Å². The molecule has 0 saturated carbocycles. The lowest BCUT2D eigenvalue weighted by Crippen LogP contribution is -2.20. The number of hydrogen-bond acceptors (Lipinski definition) is 3. The Labute approximate surface area is 113 Å². The zero-order valence-corrected chi connectivity index (χ0v) is 11.6. The first-order chi connectivity index (χ1) is 8.65. The van der Waals surface area contributed by atoms with Crippen molar-refractivity contribution in [3.8, 4) is 0 Å². The summed E-state index contributed by atoms with van der Waals surface area (Å²) in [7, 11) is 0. The van der Waals surface area contributed by atoms with E-state index in [9.17, 15) is 4.79 Å². The number of hydrogen-bond donors (Lipinski definition) is 2. The predicted molar refractivity (Wildman–Crippen MR) is 78.9 cm³/mol. The van der Waals surface area contributed by atoms with Gasteiger partial charge in [-0.2, -0.15) is 11.8 Å². The molecule has 1 aliphatic heterocycles. The number of aryl methyl sites for hydroxylation is 1. The first kappa shape index (κ1) is 13.3. The molecule has 1 aliphatic rings. The van der Waals surface area contributed by atoms with Gasteiger partial charge < -0.3 is 11.1 Å². The lowest BCUT2D eigenvalue weighted by Gasteiger charge is -2.20. The second-order valence-corrected chi connectivity index (χ2v) is 6.11. The average Bonchev–Trinajstić information content (AvgIpc) is 2.35. The van der Waals surface area contributed by atoms with Gasteiger partial charge in [0.15, 0.2) is 0 Å². The summed E-state index contributed by atoms with van der Waals surface area (Å²) >= 11 is 1.99. The van der Waals surface area contributed by atoms with Crippen molar-refractivity contribution in [1.29, 1.82) is 0 Å². The van der Waals surface area contributed by atoms with Gasteiger partial charge in [-0.25, -0.2) is 0 Å².